The zero-order chi connectivity index (χ0) is 12.4. The molecule has 0 atom stereocenters. The summed E-state index contributed by atoms with van der Waals surface area (Å²) in [5.41, 5.74) is 5.01. The topological polar surface area (TPSA) is 0 Å². The fourth-order valence-electron chi connectivity index (χ4n) is 1.80. The molecule has 2 heteroatoms. The van der Waals surface area contributed by atoms with Gasteiger partial charge in [0.15, 0.2) is 0 Å². The maximum atomic E-state index is 6.17. The molecule has 0 nitrogen and oxygen atoms in total. The molecule has 88 valence electrons. The van der Waals surface area contributed by atoms with Gasteiger partial charge in [0.25, 0.3) is 0 Å². The van der Waals surface area contributed by atoms with E-state index in [1.54, 1.807) is 6.07 Å². The highest BCUT2D eigenvalue weighted by molar-refractivity contribution is 6.35. The minimum atomic E-state index is 0.679. The molecule has 2 aromatic rings. The molecule has 0 aliphatic carbocycles. The van der Waals surface area contributed by atoms with Crippen LogP contribution in [0.1, 0.15) is 22.3 Å². The normalized spacial score (nSPS) is 10.6. The van der Waals surface area contributed by atoms with Crippen molar-refractivity contribution in [3.05, 3.63) is 68.7 Å². The van der Waals surface area contributed by atoms with Crippen LogP contribution in [0.3, 0.4) is 0 Å². The van der Waals surface area contributed by atoms with Crippen molar-refractivity contribution in [2.75, 3.05) is 0 Å². The van der Waals surface area contributed by atoms with Crippen LogP contribution >= 0.6 is 23.2 Å². The lowest BCUT2D eigenvalue weighted by atomic mass is 10.0. The van der Waals surface area contributed by atoms with Crippen LogP contribution in [0, 0.1) is 13.8 Å². The van der Waals surface area contributed by atoms with Gasteiger partial charge in [0.1, 0.15) is 0 Å². The van der Waals surface area contributed by atoms with Crippen LogP contribution in [0.4, 0.5) is 0 Å². The Kier molecular flexibility index (Phi) is 3.76. The zero-order valence-corrected chi connectivity index (χ0v) is 11.4. The van der Waals surface area contributed by atoms with Gasteiger partial charge in [-0.3, -0.25) is 0 Å². The SMILES string of the molecule is Cc1ccc(Cc2ccc(Cl)cc2Cl)cc1C. The molecular formula is C15H14Cl2. The molecule has 0 unspecified atom stereocenters. The standard InChI is InChI=1S/C15H14Cl2/c1-10-3-4-12(7-11(10)2)8-13-5-6-14(16)9-15(13)17/h3-7,9H,8H2,1-2H3. The lowest BCUT2D eigenvalue weighted by molar-refractivity contribution is 1.17. The van der Waals surface area contributed by atoms with Crippen molar-refractivity contribution >= 4 is 23.2 Å². The molecular weight excluding hydrogens is 251 g/mol. The third kappa shape index (κ3) is 3.02. The molecule has 0 amide bonds. The Balaban J connectivity index is 2.28. The quantitative estimate of drug-likeness (QED) is 0.700. The predicted octanol–water partition coefficient (Wildman–Crippen LogP) is 5.20. The molecule has 0 saturated carbocycles. The van der Waals surface area contributed by atoms with Gasteiger partial charge < -0.3 is 0 Å². The number of benzene rings is 2. The summed E-state index contributed by atoms with van der Waals surface area (Å²) in [5.74, 6) is 0. The van der Waals surface area contributed by atoms with Gasteiger partial charge in [-0.05, 0) is 54.7 Å². The van der Waals surface area contributed by atoms with E-state index in [0.717, 1.165) is 17.0 Å². The van der Waals surface area contributed by atoms with Crippen LogP contribution < -0.4 is 0 Å². The van der Waals surface area contributed by atoms with E-state index in [1.807, 2.05) is 12.1 Å². The number of hydrogen-bond donors (Lipinski definition) is 0. The van der Waals surface area contributed by atoms with Crippen LogP contribution in [-0.2, 0) is 6.42 Å². The molecule has 2 rings (SSSR count). The van der Waals surface area contributed by atoms with Gasteiger partial charge in [-0.2, -0.15) is 0 Å². The third-order valence-electron chi connectivity index (χ3n) is 2.98. The van der Waals surface area contributed by atoms with Crippen molar-refractivity contribution in [2.24, 2.45) is 0 Å². The summed E-state index contributed by atoms with van der Waals surface area (Å²) >= 11 is 12.0. The zero-order valence-electron chi connectivity index (χ0n) is 9.93. The average molecular weight is 265 g/mol. The molecule has 0 aromatic heterocycles. The Hall–Kier alpha value is -0.980. The second-order valence-corrected chi connectivity index (χ2v) is 5.17. The van der Waals surface area contributed by atoms with Crippen LogP contribution in [0.2, 0.25) is 10.0 Å². The largest absolute Gasteiger partial charge is 0.0843 e. The summed E-state index contributed by atoms with van der Waals surface area (Å²) in [6, 6.07) is 12.2. The van der Waals surface area contributed by atoms with Crippen LogP contribution in [0.25, 0.3) is 0 Å². The highest BCUT2D eigenvalue weighted by atomic mass is 35.5. The summed E-state index contributed by atoms with van der Waals surface area (Å²) in [5, 5.41) is 1.41. The number of aryl methyl sites for hydroxylation is 2. The van der Waals surface area contributed by atoms with Gasteiger partial charge in [0.05, 0.1) is 0 Å². The van der Waals surface area contributed by atoms with Gasteiger partial charge in [0, 0.05) is 10.0 Å². The van der Waals surface area contributed by atoms with Gasteiger partial charge in [-0.1, -0.05) is 47.5 Å². The predicted molar refractivity (Wildman–Crippen MR) is 75.2 cm³/mol. The summed E-state index contributed by atoms with van der Waals surface area (Å²) in [6.07, 6.45) is 0.844. The minimum Gasteiger partial charge on any atom is -0.0843 e. The van der Waals surface area contributed by atoms with Crippen molar-refractivity contribution in [3.63, 3.8) is 0 Å². The van der Waals surface area contributed by atoms with Gasteiger partial charge >= 0.3 is 0 Å². The molecule has 0 aliphatic heterocycles. The maximum Gasteiger partial charge on any atom is 0.0456 e. The average Bonchev–Trinajstić information content (AvgIpc) is 2.27. The van der Waals surface area contributed by atoms with Crippen LogP contribution in [-0.4, -0.2) is 0 Å². The van der Waals surface area contributed by atoms with E-state index in [-0.39, 0.29) is 0 Å². The van der Waals surface area contributed by atoms with E-state index in [1.165, 1.54) is 16.7 Å². The Labute approximate surface area is 112 Å². The Morgan fingerprint density at radius 3 is 2.29 bits per heavy atom. The molecule has 0 N–H and O–H groups in total. The van der Waals surface area contributed by atoms with E-state index in [4.69, 9.17) is 23.2 Å². The molecule has 0 bridgehead atoms. The molecule has 0 spiro atoms. The van der Waals surface area contributed by atoms with Gasteiger partial charge in [0.2, 0.25) is 0 Å². The van der Waals surface area contributed by atoms with Gasteiger partial charge in [-0.25, -0.2) is 0 Å². The van der Waals surface area contributed by atoms with Crippen molar-refractivity contribution < 1.29 is 0 Å². The molecule has 17 heavy (non-hydrogen) atoms. The van der Waals surface area contributed by atoms with Crippen LogP contribution in [0.15, 0.2) is 36.4 Å². The summed E-state index contributed by atoms with van der Waals surface area (Å²) in [6.45, 7) is 4.25. The second kappa shape index (κ2) is 5.12. The Bertz CT molecular complexity index is 545. The van der Waals surface area contributed by atoms with Crippen molar-refractivity contribution in [1.29, 1.82) is 0 Å². The fourth-order valence-corrected chi connectivity index (χ4v) is 2.27. The molecule has 0 fully saturated rings. The van der Waals surface area contributed by atoms with E-state index in [9.17, 15) is 0 Å². The van der Waals surface area contributed by atoms with Crippen LogP contribution in [0.5, 0.6) is 0 Å². The number of rotatable bonds is 2. The first kappa shape index (κ1) is 12.5. The Morgan fingerprint density at radius 2 is 1.65 bits per heavy atom. The summed E-state index contributed by atoms with van der Waals surface area (Å²) in [4.78, 5) is 0. The van der Waals surface area contributed by atoms with Crippen molar-refractivity contribution in [3.8, 4) is 0 Å². The van der Waals surface area contributed by atoms with E-state index in [2.05, 4.69) is 32.0 Å². The Morgan fingerprint density at radius 1 is 0.882 bits per heavy atom. The van der Waals surface area contributed by atoms with E-state index >= 15 is 0 Å². The monoisotopic (exact) mass is 264 g/mol. The number of halogens is 2. The number of hydrogen-bond acceptors (Lipinski definition) is 0. The highest BCUT2D eigenvalue weighted by Crippen LogP contribution is 2.24. The first-order valence-corrected chi connectivity index (χ1v) is 6.32. The fraction of sp³-hybridized carbons (Fsp3) is 0.200. The maximum absolute atomic E-state index is 6.17. The second-order valence-electron chi connectivity index (χ2n) is 4.33. The van der Waals surface area contributed by atoms with Crippen molar-refractivity contribution in [1.82, 2.24) is 0 Å². The van der Waals surface area contributed by atoms with Crippen molar-refractivity contribution in [2.45, 2.75) is 20.3 Å². The first-order chi connectivity index (χ1) is 8.06. The third-order valence-corrected chi connectivity index (χ3v) is 3.57. The molecule has 0 aliphatic rings. The summed E-state index contributed by atoms with van der Waals surface area (Å²) in [7, 11) is 0. The summed E-state index contributed by atoms with van der Waals surface area (Å²) < 4.78 is 0. The van der Waals surface area contributed by atoms with E-state index in [0.29, 0.717) is 5.02 Å². The highest BCUT2D eigenvalue weighted by Gasteiger charge is 2.03. The first-order valence-electron chi connectivity index (χ1n) is 5.56. The minimum absolute atomic E-state index is 0.679. The molecule has 0 saturated heterocycles. The molecule has 0 radical (unpaired) electrons. The molecule has 2 aromatic carbocycles. The van der Waals surface area contributed by atoms with E-state index < -0.39 is 0 Å². The lowest BCUT2D eigenvalue weighted by Gasteiger charge is -2.07. The molecule has 0 heterocycles. The smallest absolute Gasteiger partial charge is 0.0456 e. The lowest BCUT2D eigenvalue weighted by Crippen LogP contribution is -1.91. The van der Waals surface area contributed by atoms with Gasteiger partial charge in [-0.15, -0.1) is 0 Å².